The second kappa shape index (κ2) is 6.71. The molecular weight excluding hydrogens is 336 g/mol. The standard InChI is InChI=1S/C22H36N4O/c1-6-16-12-22-14-21(3,17(16)7-2)19(20(22)24(4)15-22)25(5)18(27)13-26-10-8-23-9-11-26/h6-7,19-20,23H,8-15H2,1-5H3. The number of likely N-dealkylation sites (N-methyl/N-ethyl adjacent to an activating group) is 2. The molecule has 4 atom stereocenters. The fourth-order valence-electron chi connectivity index (χ4n) is 7.02. The Bertz CT molecular complexity index is 680. The number of allylic oxidation sites excluding steroid dienone is 3. The molecule has 2 saturated carbocycles. The number of nitrogens with zero attached hydrogens (tertiary/aromatic N) is 3. The van der Waals surface area contributed by atoms with Crippen LogP contribution in [-0.4, -0.2) is 86.1 Å². The Balaban J connectivity index is 1.63. The lowest BCUT2D eigenvalue weighted by Crippen LogP contribution is -2.66. The van der Waals surface area contributed by atoms with Crippen molar-refractivity contribution in [2.75, 3.05) is 53.4 Å². The summed E-state index contributed by atoms with van der Waals surface area (Å²) in [5.41, 5.74) is 3.39. The summed E-state index contributed by atoms with van der Waals surface area (Å²) in [6.07, 6.45) is 7.01. The van der Waals surface area contributed by atoms with E-state index >= 15 is 0 Å². The summed E-state index contributed by atoms with van der Waals surface area (Å²) in [6, 6.07) is 0.738. The summed E-state index contributed by atoms with van der Waals surface area (Å²) in [5.74, 6) is 0.281. The van der Waals surface area contributed by atoms with E-state index in [4.69, 9.17) is 0 Å². The van der Waals surface area contributed by atoms with Crippen LogP contribution < -0.4 is 5.32 Å². The van der Waals surface area contributed by atoms with Gasteiger partial charge in [0.25, 0.3) is 0 Å². The first-order chi connectivity index (χ1) is 12.9. The van der Waals surface area contributed by atoms with Gasteiger partial charge in [-0.05, 0) is 44.9 Å². The Hall–Kier alpha value is -1.17. The summed E-state index contributed by atoms with van der Waals surface area (Å²) < 4.78 is 0. The van der Waals surface area contributed by atoms with Crippen LogP contribution in [0, 0.1) is 10.8 Å². The van der Waals surface area contributed by atoms with Crippen LogP contribution in [0.1, 0.15) is 33.6 Å². The zero-order chi connectivity index (χ0) is 19.4. The Morgan fingerprint density at radius 3 is 2.59 bits per heavy atom. The van der Waals surface area contributed by atoms with Crippen molar-refractivity contribution in [1.82, 2.24) is 20.0 Å². The van der Waals surface area contributed by atoms with E-state index in [0.717, 1.165) is 32.7 Å². The SMILES string of the molecule is CC=C1CC23CN(C)C2C(N(C)C(=O)CN2CCNCC2)C(C)(C3)C1=CC. The molecule has 1 N–H and O–H groups in total. The van der Waals surface area contributed by atoms with Gasteiger partial charge in [0.2, 0.25) is 5.91 Å². The van der Waals surface area contributed by atoms with Crippen LogP contribution in [0.5, 0.6) is 0 Å². The highest BCUT2D eigenvalue weighted by Gasteiger charge is 2.70. The molecule has 0 aromatic carbocycles. The zero-order valence-electron chi connectivity index (χ0n) is 17.7. The lowest BCUT2D eigenvalue weighted by molar-refractivity contribution is -0.138. The van der Waals surface area contributed by atoms with E-state index in [-0.39, 0.29) is 17.4 Å². The van der Waals surface area contributed by atoms with E-state index in [1.54, 1.807) is 0 Å². The average molecular weight is 373 g/mol. The first-order valence-corrected chi connectivity index (χ1v) is 10.6. The minimum Gasteiger partial charge on any atom is -0.339 e. The normalized spacial score (nSPS) is 42.3. The third-order valence-corrected chi connectivity index (χ3v) is 7.86. The van der Waals surface area contributed by atoms with Crippen molar-refractivity contribution >= 4 is 5.91 Å². The van der Waals surface area contributed by atoms with Crippen molar-refractivity contribution in [3.63, 3.8) is 0 Å². The van der Waals surface area contributed by atoms with Crippen molar-refractivity contribution < 1.29 is 4.79 Å². The molecule has 4 unspecified atom stereocenters. The molecule has 4 fully saturated rings. The van der Waals surface area contributed by atoms with Gasteiger partial charge in [0, 0.05) is 56.6 Å². The minimum atomic E-state index is 0.0537. The summed E-state index contributed by atoms with van der Waals surface area (Å²) in [4.78, 5) is 20.2. The molecule has 2 aliphatic carbocycles. The van der Waals surface area contributed by atoms with Gasteiger partial charge in [-0.1, -0.05) is 19.1 Å². The second-order valence-corrected chi connectivity index (χ2v) is 9.49. The van der Waals surface area contributed by atoms with Crippen molar-refractivity contribution in [2.45, 2.75) is 45.7 Å². The lowest BCUT2D eigenvalue weighted by atomic mass is 9.62. The number of nitrogens with one attached hydrogen (secondary N) is 1. The number of carbonyl (C=O) groups is 1. The number of carbonyl (C=O) groups excluding carboxylic acids is 1. The summed E-state index contributed by atoms with van der Waals surface area (Å²) in [5, 5.41) is 3.37. The zero-order valence-corrected chi connectivity index (χ0v) is 17.7. The van der Waals surface area contributed by atoms with Crippen molar-refractivity contribution in [1.29, 1.82) is 0 Å². The Labute approximate surface area is 164 Å². The van der Waals surface area contributed by atoms with Gasteiger partial charge < -0.3 is 15.1 Å². The number of fused-ring (bicyclic) bond motifs is 1. The maximum Gasteiger partial charge on any atom is 0.236 e. The topological polar surface area (TPSA) is 38.8 Å². The molecule has 5 heteroatoms. The quantitative estimate of drug-likeness (QED) is 0.819. The molecular formula is C22H36N4O. The fourth-order valence-corrected chi connectivity index (χ4v) is 7.02. The largest absolute Gasteiger partial charge is 0.339 e. The van der Waals surface area contributed by atoms with Gasteiger partial charge in [-0.2, -0.15) is 0 Å². The highest BCUT2D eigenvalue weighted by atomic mass is 16.2. The van der Waals surface area contributed by atoms with Crippen LogP contribution in [0.15, 0.2) is 23.3 Å². The average Bonchev–Trinajstić information content (AvgIpc) is 2.81. The van der Waals surface area contributed by atoms with Gasteiger partial charge >= 0.3 is 0 Å². The number of amides is 1. The predicted molar refractivity (Wildman–Crippen MR) is 110 cm³/mol. The number of piperazine rings is 1. The number of likely N-dealkylation sites (tertiary alicyclic amines) is 1. The number of hydrogen-bond acceptors (Lipinski definition) is 4. The van der Waals surface area contributed by atoms with Gasteiger partial charge in [-0.15, -0.1) is 0 Å². The predicted octanol–water partition coefficient (Wildman–Crippen LogP) is 1.73. The molecule has 2 heterocycles. The smallest absolute Gasteiger partial charge is 0.236 e. The maximum absolute atomic E-state index is 13.3. The van der Waals surface area contributed by atoms with Crippen LogP contribution in [0.2, 0.25) is 0 Å². The van der Waals surface area contributed by atoms with E-state index in [9.17, 15) is 4.79 Å². The van der Waals surface area contributed by atoms with Crippen molar-refractivity contribution in [2.24, 2.45) is 10.8 Å². The van der Waals surface area contributed by atoms with Gasteiger partial charge in [0.15, 0.2) is 0 Å². The third kappa shape index (κ3) is 2.73. The van der Waals surface area contributed by atoms with E-state index in [1.165, 1.54) is 24.0 Å². The van der Waals surface area contributed by atoms with Crippen LogP contribution >= 0.6 is 0 Å². The molecule has 5 nitrogen and oxygen atoms in total. The molecule has 2 bridgehead atoms. The second-order valence-electron chi connectivity index (χ2n) is 9.49. The van der Waals surface area contributed by atoms with Crippen LogP contribution in [-0.2, 0) is 4.79 Å². The Kier molecular flexibility index (Phi) is 4.76. The minimum absolute atomic E-state index is 0.0537. The van der Waals surface area contributed by atoms with Gasteiger partial charge in [0.1, 0.15) is 0 Å². The third-order valence-electron chi connectivity index (χ3n) is 7.86. The lowest BCUT2D eigenvalue weighted by Gasteiger charge is -2.55. The molecule has 1 amide bonds. The summed E-state index contributed by atoms with van der Waals surface area (Å²) >= 11 is 0. The molecule has 0 aromatic heterocycles. The molecule has 150 valence electrons. The Morgan fingerprint density at radius 1 is 1.30 bits per heavy atom. The van der Waals surface area contributed by atoms with Gasteiger partial charge in [-0.25, -0.2) is 0 Å². The van der Waals surface area contributed by atoms with E-state index < -0.39 is 0 Å². The summed E-state index contributed by atoms with van der Waals surface area (Å²) in [6.45, 7) is 12.4. The van der Waals surface area contributed by atoms with E-state index in [1.807, 2.05) is 0 Å². The molecule has 0 aromatic rings. The molecule has 2 saturated heterocycles. The van der Waals surface area contributed by atoms with Gasteiger partial charge in [-0.3, -0.25) is 9.69 Å². The molecule has 1 spiro atoms. The molecule has 2 aliphatic heterocycles. The van der Waals surface area contributed by atoms with Crippen LogP contribution in [0.3, 0.4) is 0 Å². The molecule has 4 aliphatic rings. The molecule has 4 rings (SSSR count). The van der Waals surface area contributed by atoms with Crippen LogP contribution in [0.25, 0.3) is 0 Å². The highest BCUT2D eigenvalue weighted by Crippen LogP contribution is 2.68. The highest BCUT2D eigenvalue weighted by molar-refractivity contribution is 5.79. The monoisotopic (exact) mass is 372 g/mol. The van der Waals surface area contributed by atoms with E-state index in [2.05, 4.69) is 67.0 Å². The fraction of sp³-hybridized carbons (Fsp3) is 0.773. The summed E-state index contributed by atoms with van der Waals surface area (Å²) in [7, 11) is 4.30. The van der Waals surface area contributed by atoms with Gasteiger partial charge in [0.05, 0.1) is 12.6 Å². The van der Waals surface area contributed by atoms with Crippen molar-refractivity contribution in [3.05, 3.63) is 23.3 Å². The Morgan fingerprint density at radius 2 is 2.00 bits per heavy atom. The molecule has 0 radical (unpaired) electrons. The van der Waals surface area contributed by atoms with E-state index in [0.29, 0.717) is 18.0 Å². The van der Waals surface area contributed by atoms with Crippen molar-refractivity contribution in [3.8, 4) is 0 Å². The first-order valence-electron chi connectivity index (χ1n) is 10.6. The molecule has 27 heavy (non-hydrogen) atoms. The number of hydrogen-bond donors (Lipinski definition) is 1. The number of rotatable bonds is 3. The maximum atomic E-state index is 13.3. The first kappa shape index (κ1) is 19.2. The van der Waals surface area contributed by atoms with Crippen LogP contribution in [0.4, 0.5) is 0 Å².